The number of urea groups is 1. The molecule has 0 radical (unpaired) electrons. The van der Waals surface area contributed by atoms with E-state index in [0.717, 1.165) is 52.0 Å². The van der Waals surface area contributed by atoms with Gasteiger partial charge in [0.1, 0.15) is 0 Å². The van der Waals surface area contributed by atoms with Crippen molar-refractivity contribution in [2.75, 3.05) is 38.1 Å². The lowest BCUT2D eigenvalue weighted by atomic mass is 9.95. The third-order valence-electron chi connectivity index (χ3n) is 6.18. The Labute approximate surface area is 184 Å². The highest BCUT2D eigenvalue weighted by Crippen LogP contribution is 2.23. The molecule has 2 aliphatic rings. The van der Waals surface area contributed by atoms with Crippen molar-refractivity contribution in [2.45, 2.75) is 32.7 Å². The number of hydrogen-bond acceptors (Lipinski definition) is 4. The van der Waals surface area contributed by atoms with Crippen LogP contribution in [0.2, 0.25) is 0 Å². The van der Waals surface area contributed by atoms with Crippen molar-refractivity contribution >= 4 is 17.7 Å². The summed E-state index contributed by atoms with van der Waals surface area (Å²) in [6.07, 6.45) is 3.30. The highest BCUT2D eigenvalue weighted by molar-refractivity contribution is 5.92. The molecule has 2 heterocycles. The Morgan fingerprint density at radius 3 is 2.61 bits per heavy atom. The molecule has 0 aromatic heterocycles. The summed E-state index contributed by atoms with van der Waals surface area (Å²) in [5.74, 6) is 0.149. The van der Waals surface area contributed by atoms with Gasteiger partial charge in [0.05, 0.1) is 12.2 Å². The molecule has 1 atom stereocenters. The van der Waals surface area contributed by atoms with Crippen LogP contribution >= 0.6 is 0 Å². The lowest BCUT2D eigenvalue weighted by Crippen LogP contribution is -2.46. The van der Waals surface area contributed by atoms with E-state index in [1.54, 1.807) is 31.2 Å². The number of fused-ring (bicyclic) bond motifs is 1. The Kier molecular flexibility index (Phi) is 6.87. The molecule has 1 N–H and O–H groups in total. The van der Waals surface area contributed by atoms with E-state index < -0.39 is 0 Å². The first-order valence-corrected chi connectivity index (χ1v) is 11.2. The highest BCUT2D eigenvalue weighted by Gasteiger charge is 2.26. The Balaban J connectivity index is 1.29. The topological polar surface area (TPSA) is 61.9 Å². The monoisotopic (exact) mass is 421 g/mol. The molecule has 0 aliphatic carbocycles. The number of carbonyl (C=O) groups is 2. The average Bonchev–Trinajstić information content (AvgIpc) is 2.80. The lowest BCUT2D eigenvalue weighted by Gasteiger charge is -2.37. The molecule has 164 valence electrons. The largest absolute Gasteiger partial charge is 0.462 e. The Hall–Kier alpha value is -2.86. The number of rotatable bonds is 5. The summed E-state index contributed by atoms with van der Waals surface area (Å²) in [6, 6.07) is 15.5. The predicted octanol–water partition coefficient (Wildman–Crippen LogP) is 4.17. The summed E-state index contributed by atoms with van der Waals surface area (Å²) in [4.78, 5) is 29.0. The predicted molar refractivity (Wildman–Crippen MR) is 121 cm³/mol. The van der Waals surface area contributed by atoms with E-state index in [2.05, 4.69) is 34.5 Å². The Morgan fingerprint density at radius 1 is 1.06 bits per heavy atom. The molecule has 0 unspecified atom stereocenters. The third kappa shape index (κ3) is 5.44. The lowest BCUT2D eigenvalue weighted by molar-refractivity contribution is 0.0526. The summed E-state index contributed by atoms with van der Waals surface area (Å²) in [7, 11) is 0. The van der Waals surface area contributed by atoms with Crippen LogP contribution in [-0.2, 0) is 17.7 Å². The molecule has 31 heavy (non-hydrogen) atoms. The van der Waals surface area contributed by atoms with Crippen LogP contribution in [0.1, 0.15) is 41.3 Å². The van der Waals surface area contributed by atoms with Crippen LogP contribution < -0.4 is 5.32 Å². The summed E-state index contributed by atoms with van der Waals surface area (Å²) in [5, 5.41) is 2.97. The first kappa shape index (κ1) is 21.4. The number of benzene rings is 2. The van der Waals surface area contributed by atoms with Crippen LogP contribution in [0.25, 0.3) is 0 Å². The zero-order valence-electron chi connectivity index (χ0n) is 18.2. The number of carbonyl (C=O) groups excluding carboxylic acids is 2. The highest BCUT2D eigenvalue weighted by atomic mass is 16.5. The molecule has 0 spiro atoms. The van der Waals surface area contributed by atoms with Crippen molar-refractivity contribution < 1.29 is 14.3 Å². The van der Waals surface area contributed by atoms with Gasteiger partial charge in [0.2, 0.25) is 0 Å². The molecule has 6 nitrogen and oxygen atoms in total. The van der Waals surface area contributed by atoms with Gasteiger partial charge in [-0.15, -0.1) is 0 Å². The molecule has 0 bridgehead atoms. The average molecular weight is 422 g/mol. The molecule has 2 aromatic rings. The first-order chi connectivity index (χ1) is 15.1. The van der Waals surface area contributed by atoms with Gasteiger partial charge in [0.15, 0.2) is 0 Å². The number of anilines is 1. The second kappa shape index (κ2) is 9.96. The number of nitrogens with one attached hydrogen (secondary N) is 1. The molecular weight excluding hydrogens is 390 g/mol. The number of nitrogens with zero attached hydrogens (tertiary/aromatic N) is 2. The number of hydrogen-bond donors (Lipinski definition) is 1. The maximum atomic E-state index is 12.8. The summed E-state index contributed by atoms with van der Waals surface area (Å²) >= 11 is 0. The van der Waals surface area contributed by atoms with E-state index in [0.29, 0.717) is 23.8 Å². The van der Waals surface area contributed by atoms with E-state index >= 15 is 0 Å². The Bertz CT molecular complexity index is 912. The number of piperidine rings is 1. The van der Waals surface area contributed by atoms with Crippen molar-refractivity contribution in [3.63, 3.8) is 0 Å². The van der Waals surface area contributed by atoms with Crippen LogP contribution in [0.15, 0.2) is 48.5 Å². The summed E-state index contributed by atoms with van der Waals surface area (Å²) < 4.78 is 5.00. The molecule has 2 aromatic carbocycles. The van der Waals surface area contributed by atoms with Crippen molar-refractivity contribution in [1.29, 1.82) is 0 Å². The number of amides is 2. The van der Waals surface area contributed by atoms with E-state index in [1.165, 1.54) is 11.1 Å². The van der Waals surface area contributed by atoms with E-state index in [1.807, 2.05) is 4.90 Å². The second-order valence-corrected chi connectivity index (χ2v) is 8.44. The number of likely N-dealkylation sites (tertiary alicyclic amines) is 1. The maximum Gasteiger partial charge on any atom is 0.338 e. The first-order valence-electron chi connectivity index (χ1n) is 11.2. The fourth-order valence-corrected chi connectivity index (χ4v) is 4.58. The van der Waals surface area contributed by atoms with Crippen molar-refractivity contribution in [2.24, 2.45) is 5.92 Å². The maximum absolute atomic E-state index is 12.8. The van der Waals surface area contributed by atoms with Crippen LogP contribution in [0.4, 0.5) is 10.5 Å². The van der Waals surface area contributed by atoms with E-state index in [-0.39, 0.29) is 12.0 Å². The van der Waals surface area contributed by atoms with Gasteiger partial charge < -0.3 is 15.0 Å². The van der Waals surface area contributed by atoms with Gasteiger partial charge >= 0.3 is 12.0 Å². The van der Waals surface area contributed by atoms with Crippen LogP contribution in [0.3, 0.4) is 0 Å². The van der Waals surface area contributed by atoms with E-state index in [9.17, 15) is 9.59 Å². The summed E-state index contributed by atoms with van der Waals surface area (Å²) in [5.41, 5.74) is 4.08. The molecular formula is C25H31N3O3. The minimum Gasteiger partial charge on any atom is -0.462 e. The third-order valence-corrected chi connectivity index (χ3v) is 6.18. The number of esters is 1. The molecule has 4 rings (SSSR count). The zero-order chi connectivity index (χ0) is 21.6. The zero-order valence-corrected chi connectivity index (χ0v) is 18.2. The SMILES string of the molecule is CCOC(=O)c1ccc(NC(=O)N2CCC[C@@H](CN3CCc4ccccc4C3)C2)cc1. The molecule has 0 saturated carbocycles. The fraction of sp³-hybridized carbons (Fsp3) is 0.440. The molecule has 1 saturated heterocycles. The normalized spacial score (nSPS) is 18.9. The van der Waals surface area contributed by atoms with Crippen molar-refractivity contribution in [3.8, 4) is 0 Å². The minimum atomic E-state index is -0.348. The number of ether oxygens (including phenoxy) is 1. The Morgan fingerprint density at radius 2 is 1.84 bits per heavy atom. The fourth-order valence-electron chi connectivity index (χ4n) is 4.58. The van der Waals surface area contributed by atoms with E-state index in [4.69, 9.17) is 4.74 Å². The van der Waals surface area contributed by atoms with Crippen molar-refractivity contribution in [3.05, 3.63) is 65.2 Å². The second-order valence-electron chi connectivity index (χ2n) is 8.44. The molecule has 2 amide bonds. The smallest absolute Gasteiger partial charge is 0.338 e. The molecule has 6 heteroatoms. The van der Waals surface area contributed by atoms with Crippen LogP contribution in [0.5, 0.6) is 0 Å². The minimum absolute atomic E-state index is 0.0717. The quantitative estimate of drug-likeness (QED) is 0.737. The van der Waals surface area contributed by atoms with Gasteiger partial charge in [-0.3, -0.25) is 4.90 Å². The van der Waals surface area contributed by atoms with Gasteiger partial charge in [0.25, 0.3) is 0 Å². The van der Waals surface area contributed by atoms with Gasteiger partial charge in [-0.25, -0.2) is 9.59 Å². The van der Waals surface area contributed by atoms with Gasteiger partial charge in [0, 0.05) is 38.4 Å². The van der Waals surface area contributed by atoms with Gasteiger partial charge in [-0.05, 0) is 67.5 Å². The molecule has 2 aliphatic heterocycles. The van der Waals surface area contributed by atoms with Crippen LogP contribution in [-0.4, -0.2) is 54.6 Å². The molecule has 1 fully saturated rings. The van der Waals surface area contributed by atoms with Gasteiger partial charge in [-0.1, -0.05) is 24.3 Å². The summed E-state index contributed by atoms with van der Waals surface area (Å²) in [6.45, 7) is 6.82. The van der Waals surface area contributed by atoms with Crippen molar-refractivity contribution in [1.82, 2.24) is 9.80 Å². The van der Waals surface area contributed by atoms with Crippen LogP contribution in [0, 0.1) is 5.92 Å². The van der Waals surface area contributed by atoms with Gasteiger partial charge in [-0.2, -0.15) is 0 Å². The standard InChI is InChI=1S/C25H31N3O3/c1-2-31-24(29)21-9-11-23(12-10-21)26-25(30)28-14-5-6-19(17-28)16-27-15-13-20-7-3-4-8-22(20)18-27/h3-4,7-12,19H,2,5-6,13-18H2,1H3,(H,26,30)/t19-/m0/s1.